The Kier molecular flexibility index (Phi) is 3.03. The summed E-state index contributed by atoms with van der Waals surface area (Å²) in [4.78, 5) is 0. The van der Waals surface area contributed by atoms with Crippen LogP contribution in [0.25, 0.3) is 10.9 Å². The Morgan fingerprint density at radius 3 is 2.84 bits per heavy atom. The largest absolute Gasteiger partial charge is 0.396 e. The Morgan fingerprint density at radius 2 is 2.00 bits per heavy atom. The molecule has 19 heavy (non-hydrogen) atoms. The SMILES string of the molecule is Nc1cccc(Cn2ccc3cc(Br)ccc32)c1F. The van der Waals surface area contributed by atoms with Gasteiger partial charge in [-0.3, -0.25) is 0 Å². The molecule has 2 N–H and O–H groups in total. The lowest BCUT2D eigenvalue weighted by atomic mass is 10.2. The first kappa shape index (κ1) is 12.2. The van der Waals surface area contributed by atoms with E-state index in [1.165, 1.54) is 0 Å². The molecular formula is C15H12BrFN2. The first-order valence-corrected chi connectivity index (χ1v) is 6.72. The van der Waals surface area contributed by atoms with E-state index in [2.05, 4.69) is 15.9 Å². The minimum atomic E-state index is -0.332. The fraction of sp³-hybridized carbons (Fsp3) is 0.0667. The van der Waals surface area contributed by atoms with Crippen molar-refractivity contribution in [2.75, 3.05) is 5.73 Å². The highest BCUT2D eigenvalue weighted by atomic mass is 79.9. The maximum Gasteiger partial charge on any atom is 0.151 e. The second-order valence-electron chi connectivity index (χ2n) is 4.47. The number of nitrogen functional groups attached to an aromatic ring is 1. The van der Waals surface area contributed by atoms with Crippen molar-refractivity contribution >= 4 is 32.5 Å². The lowest BCUT2D eigenvalue weighted by molar-refractivity contribution is 0.606. The van der Waals surface area contributed by atoms with Gasteiger partial charge in [0.2, 0.25) is 0 Å². The molecule has 2 aromatic carbocycles. The number of rotatable bonds is 2. The number of aromatic nitrogens is 1. The van der Waals surface area contributed by atoms with E-state index in [-0.39, 0.29) is 11.5 Å². The summed E-state index contributed by atoms with van der Waals surface area (Å²) in [5.74, 6) is -0.332. The van der Waals surface area contributed by atoms with Crippen LogP contribution in [0.1, 0.15) is 5.56 Å². The zero-order valence-corrected chi connectivity index (χ0v) is 11.7. The van der Waals surface area contributed by atoms with E-state index >= 15 is 0 Å². The van der Waals surface area contributed by atoms with Crippen LogP contribution in [0.5, 0.6) is 0 Å². The van der Waals surface area contributed by atoms with Gasteiger partial charge >= 0.3 is 0 Å². The average molecular weight is 319 g/mol. The highest BCUT2D eigenvalue weighted by molar-refractivity contribution is 9.10. The molecule has 0 atom stereocenters. The summed E-state index contributed by atoms with van der Waals surface area (Å²) >= 11 is 3.44. The fourth-order valence-electron chi connectivity index (χ4n) is 2.21. The number of nitrogens with zero attached hydrogens (tertiary/aromatic N) is 1. The molecule has 0 aliphatic carbocycles. The Bertz CT molecular complexity index is 749. The average Bonchev–Trinajstić information content (AvgIpc) is 2.77. The van der Waals surface area contributed by atoms with Gasteiger partial charge in [-0.1, -0.05) is 28.1 Å². The smallest absolute Gasteiger partial charge is 0.151 e. The van der Waals surface area contributed by atoms with Crippen LogP contribution in [0.2, 0.25) is 0 Å². The highest BCUT2D eigenvalue weighted by Crippen LogP contribution is 2.23. The molecule has 3 rings (SSSR count). The zero-order chi connectivity index (χ0) is 13.4. The lowest BCUT2D eigenvalue weighted by Crippen LogP contribution is -2.02. The summed E-state index contributed by atoms with van der Waals surface area (Å²) < 4.78 is 17.0. The van der Waals surface area contributed by atoms with Crippen molar-refractivity contribution in [1.29, 1.82) is 0 Å². The van der Waals surface area contributed by atoms with Gasteiger partial charge in [0.1, 0.15) is 0 Å². The Balaban J connectivity index is 2.04. The third kappa shape index (κ3) is 2.24. The summed E-state index contributed by atoms with van der Waals surface area (Å²) in [7, 11) is 0. The van der Waals surface area contributed by atoms with Crippen molar-refractivity contribution in [3.63, 3.8) is 0 Å². The van der Waals surface area contributed by atoms with Crippen LogP contribution in [0, 0.1) is 5.82 Å². The van der Waals surface area contributed by atoms with Gasteiger partial charge in [0.15, 0.2) is 5.82 Å². The minimum Gasteiger partial charge on any atom is -0.396 e. The standard InChI is InChI=1S/C15H12BrFN2/c16-12-4-5-14-10(8-12)6-7-19(14)9-11-2-1-3-13(18)15(11)17/h1-8H,9,18H2. The summed E-state index contributed by atoms with van der Waals surface area (Å²) in [5.41, 5.74) is 7.45. The molecule has 0 spiro atoms. The quantitative estimate of drug-likeness (QED) is 0.706. The second kappa shape index (κ2) is 4.70. The first-order valence-electron chi connectivity index (χ1n) is 5.92. The molecule has 1 aromatic heterocycles. The zero-order valence-electron chi connectivity index (χ0n) is 10.1. The molecule has 2 nitrogen and oxygen atoms in total. The predicted octanol–water partition coefficient (Wildman–Crippen LogP) is 4.17. The molecule has 0 radical (unpaired) electrons. The molecule has 0 saturated carbocycles. The number of anilines is 1. The van der Waals surface area contributed by atoms with E-state index in [1.54, 1.807) is 18.2 Å². The number of halogens is 2. The van der Waals surface area contributed by atoms with Gasteiger partial charge in [0.05, 0.1) is 12.2 Å². The molecule has 4 heteroatoms. The molecule has 1 heterocycles. The van der Waals surface area contributed by atoms with Crippen molar-refractivity contribution in [3.05, 3.63) is 64.5 Å². The lowest BCUT2D eigenvalue weighted by Gasteiger charge is -2.08. The molecule has 96 valence electrons. The van der Waals surface area contributed by atoms with Gasteiger partial charge in [-0.2, -0.15) is 0 Å². The summed E-state index contributed by atoms with van der Waals surface area (Å²) in [6.45, 7) is 0.474. The molecule has 0 aliphatic rings. The molecule has 0 saturated heterocycles. The van der Waals surface area contributed by atoms with Crippen LogP contribution in [-0.2, 0) is 6.54 Å². The predicted molar refractivity (Wildman–Crippen MR) is 79.6 cm³/mol. The van der Waals surface area contributed by atoms with Crippen molar-refractivity contribution in [2.24, 2.45) is 0 Å². The maximum atomic E-state index is 13.9. The minimum absolute atomic E-state index is 0.191. The van der Waals surface area contributed by atoms with E-state index in [4.69, 9.17) is 5.73 Å². The van der Waals surface area contributed by atoms with Gasteiger partial charge in [-0.15, -0.1) is 0 Å². The molecule has 0 fully saturated rings. The van der Waals surface area contributed by atoms with Crippen molar-refractivity contribution < 1.29 is 4.39 Å². The monoisotopic (exact) mass is 318 g/mol. The van der Waals surface area contributed by atoms with Gasteiger partial charge in [-0.05, 0) is 30.3 Å². The normalized spacial score (nSPS) is 11.1. The van der Waals surface area contributed by atoms with Crippen LogP contribution in [0.15, 0.2) is 53.1 Å². The van der Waals surface area contributed by atoms with Crippen LogP contribution in [-0.4, -0.2) is 4.57 Å². The molecule has 0 amide bonds. The van der Waals surface area contributed by atoms with Crippen LogP contribution >= 0.6 is 15.9 Å². The van der Waals surface area contributed by atoms with E-state index in [0.717, 1.165) is 15.4 Å². The fourth-order valence-corrected chi connectivity index (χ4v) is 2.59. The van der Waals surface area contributed by atoms with Gasteiger partial charge in [0.25, 0.3) is 0 Å². The Labute approximate surface area is 118 Å². The van der Waals surface area contributed by atoms with Crippen molar-refractivity contribution in [2.45, 2.75) is 6.54 Å². The summed E-state index contributed by atoms with van der Waals surface area (Å²) in [5, 5.41) is 1.12. The number of nitrogens with two attached hydrogens (primary N) is 1. The topological polar surface area (TPSA) is 30.9 Å². The number of fused-ring (bicyclic) bond motifs is 1. The molecule has 0 aliphatic heterocycles. The van der Waals surface area contributed by atoms with Gasteiger partial charge < -0.3 is 10.3 Å². The molecular weight excluding hydrogens is 307 g/mol. The van der Waals surface area contributed by atoms with Crippen LogP contribution in [0.3, 0.4) is 0 Å². The third-order valence-corrected chi connectivity index (χ3v) is 3.68. The van der Waals surface area contributed by atoms with Crippen LogP contribution in [0.4, 0.5) is 10.1 Å². The van der Waals surface area contributed by atoms with Crippen LogP contribution < -0.4 is 5.73 Å². The van der Waals surface area contributed by atoms with Gasteiger partial charge in [0, 0.05) is 27.1 Å². The number of hydrogen-bond donors (Lipinski definition) is 1. The number of hydrogen-bond acceptors (Lipinski definition) is 1. The van der Waals surface area contributed by atoms with E-state index in [9.17, 15) is 4.39 Å². The van der Waals surface area contributed by atoms with Crippen molar-refractivity contribution in [3.8, 4) is 0 Å². The highest BCUT2D eigenvalue weighted by Gasteiger charge is 2.08. The first-order chi connectivity index (χ1) is 9.15. The maximum absolute atomic E-state index is 13.9. The van der Waals surface area contributed by atoms with E-state index < -0.39 is 0 Å². The Hall–Kier alpha value is -1.81. The third-order valence-electron chi connectivity index (χ3n) is 3.18. The van der Waals surface area contributed by atoms with Gasteiger partial charge in [-0.25, -0.2) is 4.39 Å². The molecule has 3 aromatic rings. The van der Waals surface area contributed by atoms with E-state index in [1.807, 2.05) is 35.0 Å². The molecule has 0 bridgehead atoms. The number of benzene rings is 2. The second-order valence-corrected chi connectivity index (χ2v) is 5.38. The molecule has 0 unspecified atom stereocenters. The summed E-state index contributed by atoms with van der Waals surface area (Å²) in [6.07, 6.45) is 1.96. The Morgan fingerprint density at radius 1 is 1.16 bits per heavy atom. The van der Waals surface area contributed by atoms with Crippen molar-refractivity contribution in [1.82, 2.24) is 4.57 Å². The summed E-state index contributed by atoms with van der Waals surface area (Å²) in [6, 6.07) is 13.2. The van der Waals surface area contributed by atoms with E-state index in [0.29, 0.717) is 12.1 Å².